The van der Waals surface area contributed by atoms with Crippen LogP contribution in [0.2, 0.25) is 10.3 Å². The lowest BCUT2D eigenvalue weighted by Crippen LogP contribution is -2.27. The fourth-order valence-electron chi connectivity index (χ4n) is 1.82. The molecule has 15 heavy (non-hydrogen) atoms. The molecular formula is C10H11Cl2FN2. The van der Waals surface area contributed by atoms with Gasteiger partial charge >= 0.3 is 0 Å². The van der Waals surface area contributed by atoms with Gasteiger partial charge in [-0.25, -0.2) is 9.37 Å². The van der Waals surface area contributed by atoms with E-state index in [1.165, 1.54) is 6.07 Å². The van der Waals surface area contributed by atoms with E-state index in [1.807, 2.05) is 0 Å². The molecule has 1 aliphatic heterocycles. The molecule has 0 amide bonds. The minimum absolute atomic E-state index is 0.102. The van der Waals surface area contributed by atoms with E-state index < -0.39 is 5.82 Å². The van der Waals surface area contributed by atoms with E-state index in [4.69, 9.17) is 23.2 Å². The highest BCUT2D eigenvalue weighted by atomic mass is 35.5. The Morgan fingerprint density at radius 1 is 1.33 bits per heavy atom. The van der Waals surface area contributed by atoms with E-state index in [9.17, 15) is 4.39 Å². The van der Waals surface area contributed by atoms with Crippen LogP contribution in [-0.2, 0) is 0 Å². The molecule has 1 unspecified atom stereocenters. The summed E-state index contributed by atoms with van der Waals surface area (Å²) in [6.07, 6.45) is 3.23. The van der Waals surface area contributed by atoms with Crippen molar-refractivity contribution in [3.05, 3.63) is 27.8 Å². The molecule has 0 saturated carbocycles. The summed E-state index contributed by atoms with van der Waals surface area (Å²) in [7, 11) is 0. The van der Waals surface area contributed by atoms with E-state index in [2.05, 4.69) is 10.3 Å². The molecule has 1 atom stereocenters. The predicted molar refractivity (Wildman–Crippen MR) is 58.8 cm³/mol. The molecule has 0 aromatic carbocycles. The van der Waals surface area contributed by atoms with Crippen LogP contribution in [0.15, 0.2) is 6.07 Å². The molecule has 0 bridgehead atoms. The quantitative estimate of drug-likeness (QED) is 0.772. The Morgan fingerprint density at radius 3 is 2.80 bits per heavy atom. The van der Waals surface area contributed by atoms with E-state index in [-0.39, 0.29) is 11.2 Å². The highest BCUT2D eigenvalue weighted by Gasteiger charge is 2.19. The van der Waals surface area contributed by atoms with E-state index in [0.29, 0.717) is 10.7 Å². The zero-order chi connectivity index (χ0) is 10.8. The van der Waals surface area contributed by atoms with Crippen molar-refractivity contribution in [3.8, 4) is 0 Å². The topological polar surface area (TPSA) is 24.9 Å². The predicted octanol–water partition coefficient (Wildman–Crippen LogP) is 3.34. The molecule has 1 aromatic heterocycles. The fourth-order valence-corrected chi connectivity index (χ4v) is 2.27. The lowest BCUT2D eigenvalue weighted by Gasteiger charge is -2.24. The molecule has 1 aliphatic rings. The largest absolute Gasteiger partial charge is 0.310 e. The molecule has 1 fully saturated rings. The van der Waals surface area contributed by atoms with Crippen LogP contribution in [0, 0.1) is 5.82 Å². The summed E-state index contributed by atoms with van der Waals surface area (Å²) in [5.74, 6) is -0.511. The highest BCUT2D eigenvalue weighted by Crippen LogP contribution is 2.30. The Kier molecular flexibility index (Phi) is 3.44. The van der Waals surface area contributed by atoms with Crippen LogP contribution in [0.3, 0.4) is 0 Å². The van der Waals surface area contributed by atoms with Crippen molar-refractivity contribution in [2.24, 2.45) is 0 Å². The maximum atomic E-state index is 13.2. The summed E-state index contributed by atoms with van der Waals surface area (Å²) in [4.78, 5) is 3.76. The van der Waals surface area contributed by atoms with Gasteiger partial charge in [-0.3, -0.25) is 0 Å². The van der Waals surface area contributed by atoms with Crippen molar-refractivity contribution in [1.82, 2.24) is 10.3 Å². The zero-order valence-corrected chi connectivity index (χ0v) is 9.58. The molecule has 5 heteroatoms. The molecule has 0 spiro atoms. The summed E-state index contributed by atoms with van der Waals surface area (Å²) in [5, 5.41) is 3.41. The van der Waals surface area contributed by atoms with Crippen LogP contribution in [0.1, 0.15) is 30.9 Å². The van der Waals surface area contributed by atoms with Gasteiger partial charge in [-0.05, 0) is 25.5 Å². The summed E-state index contributed by atoms with van der Waals surface area (Å²) in [5.41, 5.74) is 0.707. The Hall–Kier alpha value is -0.380. The maximum absolute atomic E-state index is 13.2. The monoisotopic (exact) mass is 248 g/mol. The summed E-state index contributed by atoms with van der Waals surface area (Å²) in [6, 6.07) is 1.48. The van der Waals surface area contributed by atoms with Crippen LogP contribution in [0.5, 0.6) is 0 Å². The van der Waals surface area contributed by atoms with Crippen molar-refractivity contribution in [3.63, 3.8) is 0 Å². The van der Waals surface area contributed by atoms with Crippen LogP contribution in [0.4, 0.5) is 4.39 Å². The maximum Gasteiger partial charge on any atom is 0.166 e. The third kappa shape index (κ3) is 2.41. The lowest BCUT2D eigenvalue weighted by molar-refractivity contribution is 0.410. The number of piperidine rings is 1. The highest BCUT2D eigenvalue weighted by molar-refractivity contribution is 6.33. The smallest absolute Gasteiger partial charge is 0.166 e. The molecule has 1 saturated heterocycles. The van der Waals surface area contributed by atoms with Crippen molar-refractivity contribution in [2.45, 2.75) is 25.3 Å². The Labute approximate surface area is 97.8 Å². The van der Waals surface area contributed by atoms with Gasteiger partial charge in [0.15, 0.2) is 11.0 Å². The molecule has 82 valence electrons. The van der Waals surface area contributed by atoms with Gasteiger partial charge in [0.05, 0.1) is 0 Å². The standard InChI is InChI=1S/C10H11Cl2FN2/c11-9-6(5-7(13)10(12)15-9)8-3-1-2-4-14-8/h5,8,14H,1-4H2. The number of rotatable bonds is 1. The Balaban J connectivity index is 2.30. The van der Waals surface area contributed by atoms with Crippen LogP contribution in [0.25, 0.3) is 0 Å². The average molecular weight is 249 g/mol. The van der Waals surface area contributed by atoms with Crippen molar-refractivity contribution >= 4 is 23.2 Å². The number of hydrogen-bond donors (Lipinski definition) is 1. The van der Waals surface area contributed by atoms with Gasteiger partial charge < -0.3 is 5.32 Å². The average Bonchev–Trinajstić information content (AvgIpc) is 2.25. The van der Waals surface area contributed by atoms with Crippen molar-refractivity contribution < 1.29 is 4.39 Å². The second kappa shape index (κ2) is 4.64. The van der Waals surface area contributed by atoms with Gasteiger partial charge in [0, 0.05) is 11.6 Å². The van der Waals surface area contributed by atoms with Crippen LogP contribution >= 0.6 is 23.2 Å². The molecule has 1 N–H and O–H groups in total. The summed E-state index contributed by atoms with van der Waals surface area (Å²) >= 11 is 11.5. The van der Waals surface area contributed by atoms with Crippen LogP contribution in [-0.4, -0.2) is 11.5 Å². The van der Waals surface area contributed by atoms with Crippen molar-refractivity contribution in [2.75, 3.05) is 6.54 Å². The molecule has 0 radical (unpaired) electrons. The normalized spacial score (nSPS) is 21.7. The van der Waals surface area contributed by atoms with Crippen molar-refractivity contribution in [1.29, 1.82) is 0 Å². The lowest BCUT2D eigenvalue weighted by atomic mass is 9.99. The van der Waals surface area contributed by atoms with Gasteiger partial charge in [-0.1, -0.05) is 29.6 Å². The molecule has 1 aromatic rings. The molecular weight excluding hydrogens is 238 g/mol. The minimum atomic E-state index is -0.511. The molecule has 2 nitrogen and oxygen atoms in total. The second-order valence-corrected chi connectivity index (χ2v) is 4.36. The van der Waals surface area contributed by atoms with Gasteiger partial charge in [0.1, 0.15) is 5.15 Å². The summed E-state index contributed by atoms with van der Waals surface area (Å²) in [6.45, 7) is 0.936. The third-order valence-corrected chi connectivity index (χ3v) is 3.17. The first kappa shape index (κ1) is 11.1. The number of nitrogens with zero attached hydrogens (tertiary/aromatic N) is 1. The number of nitrogens with one attached hydrogen (secondary N) is 1. The van der Waals surface area contributed by atoms with Gasteiger partial charge in [-0.2, -0.15) is 0 Å². The third-order valence-electron chi connectivity index (χ3n) is 2.60. The number of pyridine rings is 1. The van der Waals surface area contributed by atoms with Gasteiger partial charge in [0.25, 0.3) is 0 Å². The summed E-state index contributed by atoms with van der Waals surface area (Å²) < 4.78 is 13.2. The first-order chi connectivity index (χ1) is 7.18. The van der Waals surface area contributed by atoms with Crippen LogP contribution < -0.4 is 5.32 Å². The zero-order valence-electron chi connectivity index (χ0n) is 8.06. The molecule has 2 heterocycles. The number of aromatic nitrogens is 1. The Bertz CT molecular complexity index is 365. The second-order valence-electron chi connectivity index (χ2n) is 3.64. The first-order valence-corrected chi connectivity index (χ1v) is 5.69. The number of halogens is 3. The van der Waals surface area contributed by atoms with Gasteiger partial charge in [-0.15, -0.1) is 0 Å². The minimum Gasteiger partial charge on any atom is -0.310 e. The SMILES string of the molecule is Fc1cc(C2CCCCN2)c(Cl)nc1Cl. The van der Waals surface area contributed by atoms with Gasteiger partial charge in [0.2, 0.25) is 0 Å². The van der Waals surface area contributed by atoms with E-state index >= 15 is 0 Å². The fraction of sp³-hybridized carbons (Fsp3) is 0.500. The Morgan fingerprint density at radius 2 is 2.13 bits per heavy atom. The van der Waals surface area contributed by atoms with E-state index in [0.717, 1.165) is 25.8 Å². The first-order valence-electron chi connectivity index (χ1n) is 4.93. The number of hydrogen-bond acceptors (Lipinski definition) is 2. The molecule has 2 rings (SSSR count). The molecule has 0 aliphatic carbocycles. The van der Waals surface area contributed by atoms with E-state index in [1.54, 1.807) is 0 Å².